The summed E-state index contributed by atoms with van der Waals surface area (Å²) in [6.45, 7) is 1.06. The van der Waals surface area contributed by atoms with E-state index in [-0.39, 0.29) is 18.4 Å². The van der Waals surface area contributed by atoms with E-state index in [1.54, 1.807) is 6.07 Å². The molecule has 4 aromatic rings. The van der Waals surface area contributed by atoms with E-state index in [4.69, 9.17) is 14.0 Å². The lowest BCUT2D eigenvalue weighted by molar-refractivity contribution is -0.121. The van der Waals surface area contributed by atoms with Crippen molar-refractivity contribution in [2.75, 3.05) is 13.2 Å². The Morgan fingerprint density at radius 2 is 1.50 bits per heavy atom. The molecule has 0 atom stereocenters. The molecule has 0 bridgehead atoms. The lowest BCUT2D eigenvalue weighted by Crippen LogP contribution is -2.30. The quantitative estimate of drug-likeness (QED) is 0.489. The fourth-order valence-electron chi connectivity index (χ4n) is 3.75. The number of amides is 1. The first-order valence-electron chi connectivity index (χ1n) is 10.5. The van der Waals surface area contributed by atoms with Gasteiger partial charge >= 0.3 is 0 Å². The molecule has 1 aromatic heterocycles. The van der Waals surface area contributed by atoms with E-state index in [9.17, 15) is 4.79 Å². The Morgan fingerprint density at radius 1 is 0.844 bits per heavy atom. The molecule has 1 aliphatic heterocycles. The highest BCUT2D eigenvalue weighted by Gasteiger charge is 2.19. The smallest absolute Gasteiger partial charge is 0.226 e. The monoisotopic (exact) mass is 426 g/mol. The maximum Gasteiger partial charge on any atom is 0.226 e. The molecule has 0 spiro atoms. The molecule has 0 saturated carbocycles. The van der Waals surface area contributed by atoms with E-state index < -0.39 is 0 Å². The predicted molar refractivity (Wildman–Crippen MR) is 120 cm³/mol. The molecule has 0 saturated heterocycles. The molecule has 32 heavy (non-hydrogen) atoms. The van der Waals surface area contributed by atoms with Gasteiger partial charge in [-0.1, -0.05) is 65.8 Å². The molecule has 0 aliphatic carbocycles. The maximum absolute atomic E-state index is 12.9. The standard InChI is InChI=1S/C26H22N2O4/c29-25(27-26(18-7-3-1-4-8-18)19-9-5-2-6-10-19)17-21-16-23(32-28-21)20-11-12-22-24(15-20)31-14-13-30-22/h1-12,15-16,26H,13-14,17H2,(H,27,29). The number of carbonyl (C=O) groups excluding carboxylic acids is 1. The van der Waals surface area contributed by atoms with Gasteiger partial charge in [-0.2, -0.15) is 0 Å². The highest BCUT2D eigenvalue weighted by Crippen LogP contribution is 2.34. The van der Waals surface area contributed by atoms with Gasteiger partial charge in [0.15, 0.2) is 17.3 Å². The van der Waals surface area contributed by atoms with Crippen molar-refractivity contribution in [3.05, 3.63) is 102 Å². The highest BCUT2D eigenvalue weighted by molar-refractivity contribution is 5.79. The van der Waals surface area contributed by atoms with Crippen LogP contribution in [0.4, 0.5) is 0 Å². The molecule has 160 valence electrons. The van der Waals surface area contributed by atoms with E-state index in [1.807, 2.05) is 78.9 Å². The molecule has 3 aromatic carbocycles. The van der Waals surface area contributed by atoms with Crippen molar-refractivity contribution < 1.29 is 18.8 Å². The number of fused-ring (bicyclic) bond motifs is 1. The van der Waals surface area contributed by atoms with Gasteiger partial charge in [0.1, 0.15) is 13.2 Å². The Kier molecular flexibility index (Phi) is 5.58. The number of aromatic nitrogens is 1. The molecule has 1 aliphatic rings. The number of carbonyl (C=O) groups is 1. The molecule has 6 heteroatoms. The fourth-order valence-corrected chi connectivity index (χ4v) is 3.75. The van der Waals surface area contributed by atoms with Gasteiger partial charge in [0.2, 0.25) is 5.91 Å². The third-order valence-electron chi connectivity index (χ3n) is 5.30. The third-order valence-corrected chi connectivity index (χ3v) is 5.30. The summed E-state index contributed by atoms with van der Waals surface area (Å²) < 4.78 is 16.7. The van der Waals surface area contributed by atoms with Crippen LogP contribution < -0.4 is 14.8 Å². The number of hydrogen-bond acceptors (Lipinski definition) is 5. The van der Waals surface area contributed by atoms with Crippen LogP contribution in [0.1, 0.15) is 22.9 Å². The van der Waals surface area contributed by atoms with Crippen molar-refractivity contribution >= 4 is 5.91 Å². The second-order valence-electron chi connectivity index (χ2n) is 7.54. The lowest BCUT2D eigenvalue weighted by atomic mass is 9.98. The molecule has 5 rings (SSSR count). The number of benzene rings is 3. The zero-order valence-corrected chi connectivity index (χ0v) is 17.4. The van der Waals surface area contributed by atoms with Gasteiger partial charge in [-0.25, -0.2) is 0 Å². The first-order chi connectivity index (χ1) is 15.8. The van der Waals surface area contributed by atoms with Gasteiger partial charge in [0.05, 0.1) is 18.2 Å². The van der Waals surface area contributed by atoms with Crippen LogP contribution >= 0.6 is 0 Å². The molecule has 1 N–H and O–H groups in total. The van der Waals surface area contributed by atoms with Gasteiger partial charge in [-0.3, -0.25) is 4.79 Å². The van der Waals surface area contributed by atoms with Gasteiger partial charge in [0, 0.05) is 11.6 Å². The third kappa shape index (κ3) is 4.34. The average molecular weight is 426 g/mol. The molecule has 0 radical (unpaired) electrons. The first-order valence-corrected chi connectivity index (χ1v) is 10.5. The molecular formula is C26H22N2O4. The Labute approximate surface area is 185 Å². The van der Waals surface area contributed by atoms with Crippen molar-refractivity contribution in [3.63, 3.8) is 0 Å². The Bertz CT molecular complexity index is 1170. The van der Waals surface area contributed by atoms with E-state index in [1.165, 1.54) is 0 Å². The summed E-state index contributed by atoms with van der Waals surface area (Å²) in [6.07, 6.45) is 0.115. The van der Waals surface area contributed by atoms with Crippen molar-refractivity contribution in [3.8, 4) is 22.8 Å². The van der Waals surface area contributed by atoms with Gasteiger partial charge in [-0.15, -0.1) is 0 Å². The van der Waals surface area contributed by atoms with E-state index in [0.29, 0.717) is 36.2 Å². The Balaban J connectivity index is 1.31. The van der Waals surface area contributed by atoms with Crippen molar-refractivity contribution in [2.24, 2.45) is 0 Å². The van der Waals surface area contributed by atoms with E-state index >= 15 is 0 Å². The fraction of sp³-hybridized carbons (Fsp3) is 0.154. The summed E-state index contributed by atoms with van der Waals surface area (Å²) in [5.41, 5.74) is 3.42. The summed E-state index contributed by atoms with van der Waals surface area (Å²) in [7, 11) is 0. The van der Waals surface area contributed by atoms with Crippen LogP contribution in [0.15, 0.2) is 89.5 Å². The van der Waals surface area contributed by atoms with Crippen LogP contribution in [-0.4, -0.2) is 24.3 Å². The Morgan fingerprint density at radius 3 is 2.19 bits per heavy atom. The van der Waals surface area contributed by atoms with Gasteiger partial charge < -0.3 is 19.3 Å². The van der Waals surface area contributed by atoms with Gasteiger partial charge in [0.25, 0.3) is 0 Å². The molecule has 2 heterocycles. The topological polar surface area (TPSA) is 73.6 Å². The summed E-state index contributed by atoms with van der Waals surface area (Å²) in [5.74, 6) is 1.84. The largest absolute Gasteiger partial charge is 0.486 e. The highest BCUT2D eigenvalue weighted by atomic mass is 16.6. The van der Waals surface area contributed by atoms with Crippen LogP contribution in [0.3, 0.4) is 0 Å². The summed E-state index contributed by atoms with van der Waals surface area (Å²) in [5, 5.41) is 7.22. The van der Waals surface area contributed by atoms with Gasteiger partial charge in [-0.05, 0) is 29.3 Å². The summed E-state index contributed by atoms with van der Waals surface area (Å²) in [4.78, 5) is 12.9. The molecular weight excluding hydrogens is 404 g/mol. The number of hydrogen-bond donors (Lipinski definition) is 1. The number of ether oxygens (including phenoxy) is 2. The number of nitrogens with zero attached hydrogens (tertiary/aromatic N) is 1. The SMILES string of the molecule is O=C(Cc1cc(-c2ccc3c(c2)OCCO3)on1)NC(c1ccccc1)c1ccccc1. The zero-order valence-electron chi connectivity index (χ0n) is 17.4. The van der Waals surface area contributed by atoms with Crippen molar-refractivity contribution in [1.82, 2.24) is 10.5 Å². The second kappa shape index (κ2) is 8.98. The lowest BCUT2D eigenvalue weighted by Gasteiger charge is -2.19. The molecule has 0 fully saturated rings. The van der Waals surface area contributed by atoms with Crippen LogP contribution in [0.25, 0.3) is 11.3 Å². The maximum atomic E-state index is 12.9. The molecule has 6 nitrogen and oxygen atoms in total. The average Bonchev–Trinajstić information content (AvgIpc) is 3.31. The molecule has 1 amide bonds. The Hall–Kier alpha value is -4.06. The normalized spacial score (nSPS) is 12.5. The van der Waals surface area contributed by atoms with E-state index in [2.05, 4.69) is 10.5 Å². The minimum Gasteiger partial charge on any atom is -0.486 e. The van der Waals surface area contributed by atoms with Crippen LogP contribution in [-0.2, 0) is 11.2 Å². The second-order valence-corrected chi connectivity index (χ2v) is 7.54. The van der Waals surface area contributed by atoms with Crippen molar-refractivity contribution in [2.45, 2.75) is 12.5 Å². The predicted octanol–water partition coefficient (Wildman–Crippen LogP) is 4.56. The first kappa shape index (κ1) is 19.9. The zero-order chi connectivity index (χ0) is 21.8. The van der Waals surface area contributed by atoms with Crippen LogP contribution in [0, 0.1) is 0 Å². The minimum atomic E-state index is -0.242. The van der Waals surface area contributed by atoms with Crippen LogP contribution in [0.2, 0.25) is 0 Å². The van der Waals surface area contributed by atoms with E-state index in [0.717, 1.165) is 16.7 Å². The number of rotatable bonds is 6. The molecule has 0 unspecified atom stereocenters. The van der Waals surface area contributed by atoms with Crippen LogP contribution in [0.5, 0.6) is 11.5 Å². The summed E-state index contributed by atoms with van der Waals surface area (Å²) in [6, 6.07) is 27.0. The summed E-state index contributed by atoms with van der Waals surface area (Å²) >= 11 is 0. The minimum absolute atomic E-state index is 0.115. The number of nitrogens with one attached hydrogen (secondary N) is 1. The van der Waals surface area contributed by atoms with Crippen molar-refractivity contribution in [1.29, 1.82) is 0 Å².